The van der Waals surface area contributed by atoms with E-state index in [0.717, 1.165) is 18.7 Å². The number of nitrogens with zero attached hydrogens (tertiary/aromatic N) is 2. The van der Waals surface area contributed by atoms with Crippen LogP contribution in [0, 0.1) is 0 Å². The van der Waals surface area contributed by atoms with Crippen LogP contribution in [0.25, 0.3) is 0 Å². The third-order valence-corrected chi connectivity index (χ3v) is 5.67. The molecule has 7 heteroatoms. The summed E-state index contributed by atoms with van der Waals surface area (Å²) in [6.45, 7) is 7.45. The van der Waals surface area contributed by atoms with E-state index in [1.54, 1.807) is 29.2 Å². The molecule has 2 aromatic carbocycles. The lowest BCUT2D eigenvalue weighted by atomic mass is 10.00. The van der Waals surface area contributed by atoms with Crippen molar-refractivity contribution in [1.82, 2.24) is 15.1 Å². The van der Waals surface area contributed by atoms with Crippen molar-refractivity contribution in [2.45, 2.75) is 26.2 Å². The first kappa shape index (κ1) is 23.5. The second-order valence-corrected chi connectivity index (χ2v) is 8.20. The zero-order chi connectivity index (χ0) is 22.9. The number of hydrogen-bond acceptors (Lipinski definition) is 4. The average molecular weight is 437 g/mol. The Balaban J connectivity index is 1.71. The minimum absolute atomic E-state index is 0.0812. The molecule has 1 unspecified atom stereocenters. The normalized spacial score (nSPS) is 14.5. The van der Waals surface area contributed by atoms with Gasteiger partial charge in [-0.2, -0.15) is 0 Å². The highest BCUT2D eigenvalue weighted by molar-refractivity contribution is 5.95. The summed E-state index contributed by atoms with van der Waals surface area (Å²) >= 11 is 0. The van der Waals surface area contributed by atoms with E-state index in [2.05, 4.69) is 29.7 Å². The Bertz CT molecular complexity index is 909. The fourth-order valence-electron chi connectivity index (χ4n) is 3.88. The lowest BCUT2D eigenvalue weighted by molar-refractivity contribution is -0.132. The summed E-state index contributed by atoms with van der Waals surface area (Å²) in [6.07, 6.45) is 0.303. The fourth-order valence-corrected chi connectivity index (χ4v) is 3.88. The average Bonchev–Trinajstić information content (AvgIpc) is 2.82. The monoisotopic (exact) mass is 436 g/mol. The summed E-state index contributed by atoms with van der Waals surface area (Å²) in [6, 6.07) is 16.9. The van der Waals surface area contributed by atoms with E-state index in [0.29, 0.717) is 43.9 Å². The zero-order valence-corrected chi connectivity index (χ0v) is 18.8. The maximum absolute atomic E-state index is 13.3. The van der Waals surface area contributed by atoms with E-state index >= 15 is 0 Å². The van der Waals surface area contributed by atoms with E-state index in [4.69, 9.17) is 0 Å². The predicted octanol–water partition coefficient (Wildman–Crippen LogP) is 2.71. The van der Waals surface area contributed by atoms with Crippen LogP contribution >= 0.6 is 0 Å². The maximum Gasteiger partial charge on any atom is 0.253 e. The van der Waals surface area contributed by atoms with E-state index in [-0.39, 0.29) is 23.6 Å². The van der Waals surface area contributed by atoms with Gasteiger partial charge in [0.2, 0.25) is 11.8 Å². The van der Waals surface area contributed by atoms with Gasteiger partial charge in [-0.05, 0) is 35.7 Å². The predicted molar refractivity (Wildman–Crippen MR) is 126 cm³/mol. The Hall–Kier alpha value is -3.19. The van der Waals surface area contributed by atoms with Gasteiger partial charge >= 0.3 is 0 Å². The largest absolute Gasteiger partial charge is 0.340 e. The van der Waals surface area contributed by atoms with Crippen LogP contribution in [0.3, 0.4) is 0 Å². The lowest BCUT2D eigenvalue weighted by Gasteiger charge is -2.30. The molecule has 0 saturated carbocycles. The standard InChI is InChI=1S/C25H32N4O3/c1-19(21-6-4-3-5-7-21)18-29(15-12-24(31)28-16-13-26-14-17-28)25(32)22-8-10-23(11-9-22)27-20(2)30/h3-11,19,26H,12-18H2,1-2H3,(H,27,30). The van der Waals surface area contributed by atoms with Gasteiger partial charge in [-0.15, -0.1) is 0 Å². The molecule has 1 saturated heterocycles. The SMILES string of the molecule is CC(=O)Nc1ccc(C(=O)N(CCC(=O)N2CCNCC2)CC(C)c2ccccc2)cc1. The molecular formula is C25H32N4O3. The summed E-state index contributed by atoms with van der Waals surface area (Å²) < 4.78 is 0. The molecule has 1 atom stereocenters. The molecule has 7 nitrogen and oxygen atoms in total. The summed E-state index contributed by atoms with van der Waals surface area (Å²) in [5.74, 6) is -0.0603. The van der Waals surface area contributed by atoms with Crippen LogP contribution in [-0.4, -0.2) is 66.8 Å². The summed E-state index contributed by atoms with van der Waals surface area (Å²) in [5, 5.41) is 5.96. The molecule has 0 aromatic heterocycles. The van der Waals surface area contributed by atoms with Crippen LogP contribution in [0.5, 0.6) is 0 Å². The maximum atomic E-state index is 13.3. The van der Waals surface area contributed by atoms with Crippen LogP contribution in [0.15, 0.2) is 54.6 Å². The first-order valence-corrected chi connectivity index (χ1v) is 11.1. The number of amides is 3. The van der Waals surface area contributed by atoms with Crippen molar-refractivity contribution in [2.75, 3.05) is 44.6 Å². The number of piperazine rings is 1. The molecule has 1 aliphatic rings. The van der Waals surface area contributed by atoms with Crippen molar-refractivity contribution in [1.29, 1.82) is 0 Å². The van der Waals surface area contributed by atoms with E-state index < -0.39 is 0 Å². The molecule has 3 rings (SSSR count). The second kappa shape index (κ2) is 11.4. The minimum atomic E-state index is -0.159. The number of carbonyl (C=O) groups excluding carboxylic acids is 3. The molecule has 1 aliphatic heterocycles. The van der Waals surface area contributed by atoms with Crippen LogP contribution in [0.4, 0.5) is 5.69 Å². The quantitative estimate of drug-likeness (QED) is 0.667. The minimum Gasteiger partial charge on any atom is -0.340 e. The van der Waals surface area contributed by atoms with Gasteiger partial charge in [0.15, 0.2) is 0 Å². The molecule has 2 aromatic rings. The van der Waals surface area contributed by atoms with Crippen LogP contribution in [0.2, 0.25) is 0 Å². The Morgan fingerprint density at radius 3 is 2.31 bits per heavy atom. The zero-order valence-electron chi connectivity index (χ0n) is 18.8. The topological polar surface area (TPSA) is 81.8 Å². The van der Waals surface area contributed by atoms with Crippen LogP contribution in [0.1, 0.15) is 42.1 Å². The van der Waals surface area contributed by atoms with Gasteiger partial charge in [0.1, 0.15) is 0 Å². The number of anilines is 1. The van der Waals surface area contributed by atoms with Crippen molar-refractivity contribution in [3.8, 4) is 0 Å². The van der Waals surface area contributed by atoms with Crippen molar-refractivity contribution < 1.29 is 14.4 Å². The third kappa shape index (κ3) is 6.65. The molecule has 3 amide bonds. The van der Waals surface area contributed by atoms with Gasteiger partial charge in [0.25, 0.3) is 5.91 Å². The number of carbonyl (C=O) groups is 3. The molecule has 0 aliphatic carbocycles. The van der Waals surface area contributed by atoms with Crippen LogP contribution in [-0.2, 0) is 9.59 Å². The van der Waals surface area contributed by atoms with E-state index in [1.807, 2.05) is 23.1 Å². The third-order valence-electron chi connectivity index (χ3n) is 5.67. The first-order chi connectivity index (χ1) is 15.4. The van der Waals surface area contributed by atoms with Gasteiger partial charge in [-0.25, -0.2) is 0 Å². The Morgan fingerprint density at radius 2 is 1.69 bits per heavy atom. The summed E-state index contributed by atoms with van der Waals surface area (Å²) in [7, 11) is 0. The number of rotatable bonds is 8. The number of benzene rings is 2. The van der Waals surface area contributed by atoms with Gasteiger partial charge in [0, 0.05) is 63.9 Å². The Morgan fingerprint density at radius 1 is 1.03 bits per heavy atom. The molecular weight excluding hydrogens is 404 g/mol. The molecule has 0 spiro atoms. The van der Waals surface area contributed by atoms with Gasteiger partial charge in [-0.1, -0.05) is 37.3 Å². The molecule has 0 bridgehead atoms. The van der Waals surface area contributed by atoms with Crippen molar-refractivity contribution in [3.05, 3.63) is 65.7 Å². The van der Waals surface area contributed by atoms with Gasteiger partial charge < -0.3 is 20.4 Å². The first-order valence-electron chi connectivity index (χ1n) is 11.1. The molecule has 1 fully saturated rings. The second-order valence-electron chi connectivity index (χ2n) is 8.20. The van der Waals surface area contributed by atoms with Gasteiger partial charge in [0.05, 0.1) is 0 Å². The van der Waals surface area contributed by atoms with Crippen molar-refractivity contribution in [2.24, 2.45) is 0 Å². The fraction of sp³-hybridized carbons (Fsp3) is 0.400. The van der Waals surface area contributed by atoms with E-state index in [1.165, 1.54) is 6.92 Å². The highest BCUT2D eigenvalue weighted by atomic mass is 16.2. The van der Waals surface area contributed by atoms with Crippen molar-refractivity contribution >= 4 is 23.4 Å². The Labute approximate surface area is 189 Å². The lowest BCUT2D eigenvalue weighted by Crippen LogP contribution is -2.47. The van der Waals surface area contributed by atoms with Gasteiger partial charge in [-0.3, -0.25) is 14.4 Å². The molecule has 2 N–H and O–H groups in total. The molecule has 32 heavy (non-hydrogen) atoms. The number of hydrogen-bond donors (Lipinski definition) is 2. The molecule has 0 radical (unpaired) electrons. The molecule has 1 heterocycles. The highest BCUT2D eigenvalue weighted by Crippen LogP contribution is 2.19. The van der Waals surface area contributed by atoms with Crippen molar-refractivity contribution in [3.63, 3.8) is 0 Å². The summed E-state index contributed by atoms with van der Waals surface area (Å²) in [4.78, 5) is 40.9. The van der Waals surface area contributed by atoms with Crippen LogP contribution < -0.4 is 10.6 Å². The van der Waals surface area contributed by atoms with E-state index in [9.17, 15) is 14.4 Å². The Kier molecular flexibility index (Phi) is 8.39. The highest BCUT2D eigenvalue weighted by Gasteiger charge is 2.22. The smallest absolute Gasteiger partial charge is 0.253 e. The molecule has 170 valence electrons. The number of nitrogens with one attached hydrogen (secondary N) is 2. The summed E-state index contributed by atoms with van der Waals surface area (Å²) in [5.41, 5.74) is 2.33.